The molecule has 0 bridgehead atoms. The summed E-state index contributed by atoms with van der Waals surface area (Å²) in [7, 11) is -2.03. The minimum atomic E-state index is -3.69. The van der Waals surface area contributed by atoms with Gasteiger partial charge < -0.3 is 5.32 Å². The Balaban J connectivity index is 1.33. The average Bonchev–Trinajstić information content (AvgIpc) is 2.88. The molecule has 0 amide bonds. The number of nitrogens with zero attached hydrogens (tertiary/aromatic N) is 2. The van der Waals surface area contributed by atoms with Crippen LogP contribution in [0.25, 0.3) is 0 Å². The van der Waals surface area contributed by atoms with E-state index in [9.17, 15) is 13.2 Å². The van der Waals surface area contributed by atoms with Crippen molar-refractivity contribution in [3.63, 3.8) is 0 Å². The number of hydrogen-bond acceptors (Lipinski definition) is 4. The quantitative estimate of drug-likeness (QED) is 0.401. The summed E-state index contributed by atoms with van der Waals surface area (Å²) in [5.41, 5.74) is 7.79. The molecule has 0 unspecified atom stereocenters. The molecule has 0 saturated heterocycles. The van der Waals surface area contributed by atoms with E-state index in [0.717, 1.165) is 65.0 Å². The number of anilines is 3. The van der Waals surface area contributed by atoms with Crippen LogP contribution in [0.1, 0.15) is 72.6 Å². The van der Waals surface area contributed by atoms with Crippen molar-refractivity contribution >= 4 is 33.1 Å². The molecule has 1 heterocycles. The molecule has 6 nitrogen and oxygen atoms in total. The van der Waals surface area contributed by atoms with Gasteiger partial charge in [0.25, 0.3) is 0 Å². The van der Waals surface area contributed by atoms with Gasteiger partial charge in [-0.3, -0.25) is 9.10 Å². The van der Waals surface area contributed by atoms with Gasteiger partial charge in [0, 0.05) is 43.5 Å². The van der Waals surface area contributed by atoms with E-state index < -0.39 is 10.2 Å². The van der Waals surface area contributed by atoms with Gasteiger partial charge in [-0.2, -0.15) is 12.7 Å². The van der Waals surface area contributed by atoms with Gasteiger partial charge in [0.1, 0.15) is 0 Å². The molecule has 0 radical (unpaired) electrons. The van der Waals surface area contributed by atoms with Crippen molar-refractivity contribution in [3.8, 4) is 0 Å². The monoisotopic (exact) mass is 531 g/mol. The summed E-state index contributed by atoms with van der Waals surface area (Å²) in [4.78, 5) is 12.1. The molecular weight excluding hydrogens is 494 g/mol. The molecule has 1 aliphatic heterocycles. The first-order valence-corrected chi connectivity index (χ1v) is 14.8. The van der Waals surface area contributed by atoms with E-state index >= 15 is 0 Å². The maximum atomic E-state index is 13.6. The Labute approximate surface area is 226 Å². The van der Waals surface area contributed by atoms with Gasteiger partial charge in [0.15, 0.2) is 5.78 Å². The fourth-order valence-electron chi connectivity index (χ4n) is 5.39. The third-order valence-corrected chi connectivity index (χ3v) is 9.45. The van der Waals surface area contributed by atoms with E-state index in [1.54, 1.807) is 11.4 Å². The SMILES string of the molecule is CN(Cc1ccc(C(C)(C)C)cc1)S(=O)(=O)N1CCCc2cc(Nc3ccc4c(c3)CCCC4=O)ccc21. The van der Waals surface area contributed by atoms with Crippen LogP contribution in [-0.2, 0) is 35.0 Å². The molecule has 3 aromatic carbocycles. The zero-order chi connectivity index (χ0) is 27.1. The number of nitrogens with one attached hydrogen (secondary N) is 1. The second-order valence-electron chi connectivity index (χ2n) is 11.5. The molecule has 38 heavy (non-hydrogen) atoms. The Kier molecular flexibility index (Phi) is 7.09. The molecule has 0 saturated carbocycles. The summed E-state index contributed by atoms with van der Waals surface area (Å²) in [5.74, 6) is 0.222. The van der Waals surface area contributed by atoms with Crippen LogP contribution in [0.15, 0.2) is 60.7 Å². The predicted octanol–water partition coefficient (Wildman–Crippen LogP) is 6.38. The van der Waals surface area contributed by atoms with Crippen LogP contribution in [0.3, 0.4) is 0 Å². The molecule has 0 spiro atoms. The van der Waals surface area contributed by atoms with E-state index in [1.807, 2.05) is 42.5 Å². The molecule has 0 atom stereocenters. The summed E-state index contributed by atoms with van der Waals surface area (Å²) in [6, 6.07) is 20.0. The van der Waals surface area contributed by atoms with Gasteiger partial charge in [-0.05, 0) is 89.8 Å². The lowest BCUT2D eigenvalue weighted by Gasteiger charge is -2.34. The van der Waals surface area contributed by atoms with E-state index in [1.165, 1.54) is 9.87 Å². The highest BCUT2D eigenvalue weighted by atomic mass is 32.2. The molecule has 0 fully saturated rings. The van der Waals surface area contributed by atoms with Crippen molar-refractivity contribution in [2.75, 3.05) is 23.2 Å². The van der Waals surface area contributed by atoms with Gasteiger partial charge >= 0.3 is 10.2 Å². The molecule has 1 N–H and O–H groups in total. The second kappa shape index (κ2) is 10.2. The molecule has 0 aromatic heterocycles. The Morgan fingerprint density at radius 1 is 0.868 bits per heavy atom. The first-order valence-electron chi connectivity index (χ1n) is 13.4. The zero-order valence-electron chi connectivity index (χ0n) is 22.8. The number of aryl methyl sites for hydroxylation is 2. The maximum Gasteiger partial charge on any atom is 0.304 e. The smallest absolute Gasteiger partial charge is 0.304 e. The Morgan fingerprint density at radius 2 is 1.53 bits per heavy atom. The molecule has 200 valence electrons. The Morgan fingerprint density at radius 3 is 2.24 bits per heavy atom. The van der Waals surface area contributed by atoms with Crippen molar-refractivity contribution in [2.45, 2.75) is 64.8 Å². The largest absolute Gasteiger partial charge is 0.356 e. The summed E-state index contributed by atoms with van der Waals surface area (Å²) in [5, 5.41) is 3.45. The van der Waals surface area contributed by atoms with Crippen molar-refractivity contribution in [2.24, 2.45) is 0 Å². The summed E-state index contributed by atoms with van der Waals surface area (Å²) in [6.45, 7) is 7.29. The lowest BCUT2D eigenvalue weighted by Crippen LogP contribution is -2.44. The molecule has 2 aliphatic rings. The topological polar surface area (TPSA) is 69.7 Å². The predicted molar refractivity (Wildman–Crippen MR) is 155 cm³/mol. The highest BCUT2D eigenvalue weighted by Gasteiger charge is 2.31. The first-order chi connectivity index (χ1) is 18.0. The fraction of sp³-hybridized carbons (Fsp3) is 0.387. The van der Waals surface area contributed by atoms with E-state index in [0.29, 0.717) is 19.5 Å². The van der Waals surface area contributed by atoms with E-state index in [4.69, 9.17) is 0 Å². The van der Waals surface area contributed by atoms with Gasteiger partial charge in [0.05, 0.1) is 5.69 Å². The Hall–Kier alpha value is -3.16. The Bertz CT molecular complexity index is 1460. The van der Waals surface area contributed by atoms with Crippen LogP contribution in [0.5, 0.6) is 0 Å². The van der Waals surface area contributed by atoms with Crippen molar-refractivity contribution < 1.29 is 13.2 Å². The maximum absolute atomic E-state index is 13.6. The highest BCUT2D eigenvalue weighted by molar-refractivity contribution is 7.90. The van der Waals surface area contributed by atoms with Gasteiger partial charge in [-0.15, -0.1) is 0 Å². The van der Waals surface area contributed by atoms with Gasteiger partial charge in [-0.1, -0.05) is 45.0 Å². The minimum absolute atomic E-state index is 0.0562. The number of ketones is 1. The van der Waals surface area contributed by atoms with Gasteiger partial charge in [-0.25, -0.2) is 0 Å². The van der Waals surface area contributed by atoms with Crippen molar-refractivity contribution in [1.29, 1.82) is 0 Å². The number of carbonyl (C=O) groups excluding carboxylic acids is 1. The highest BCUT2D eigenvalue weighted by Crippen LogP contribution is 2.34. The lowest BCUT2D eigenvalue weighted by molar-refractivity contribution is 0.0972. The van der Waals surface area contributed by atoms with Crippen LogP contribution < -0.4 is 9.62 Å². The minimum Gasteiger partial charge on any atom is -0.356 e. The van der Waals surface area contributed by atoms with Crippen molar-refractivity contribution in [1.82, 2.24) is 4.31 Å². The van der Waals surface area contributed by atoms with Crippen molar-refractivity contribution in [3.05, 3.63) is 88.5 Å². The summed E-state index contributed by atoms with van der Waals surface area (Å²) >= 11 is 0. The number of benzene rings is 3. The number of fused-ring (bicyclic) bond motifs is 2. The normalized spacial score (nSPS) is 15.8. The standard InChI is InChI=1S/C31H37N3O3S/c1-31(2,3)25-12-10-22(11-13-25)21-33(4)38(36,37)34-18-6-8-24-20-27(15-17-29(24)34)32-26-14-16-28-23(19-26)7-5-9-30(28)35/h10-17,19-20,32H,5-9,18,21H2,1-4H3. The van der Waals surface area contributed by atoms with Crippen LogP contribution in [0, 0.1) is 0 Å². The lowest BCUT2D eigenvalue weighted by atomic mass is 9.87. The molecule has 5 rings (SSSR count). The van der Waals surface area contributed by atoms with Crippen LogP contribution in [0.4, 0.5) is 17.1 Å². The number of hydrogen-bond donors (Lipinski definition) is 1. The number of Topliss-reactive ketones (excluding diaryl/α,β-unsaturated/α-hetero) is 1. The van der Waals surface area contributed by atoms with E-state index in [-0.39, 0.29) is 11.2 Å². The second-order valence-corrected chi connectivity index (χ2v) is 13.5. The zero-order valence-corrected chi connectivity index (χ0v) is 23.6. The first kappa shape index (κ1) is 26.4. The van der Waals surface area contributed by atoms with E-state index in [2.05, 4.69) is 44.3 Å². The molecule has 7 heteroatoms. The summed E-state index contributed by atoms with van der Waals surface area (Å²) < 4.78 is 30.2. The van der Waals surface area contributed by atoms with Gasteiger partial charge in [0.2, 0.25) is 0 Å². The molecule has 1 aliphatic carbocycles. The fourth-order valence-corrected chi connectivity index (χ4v) is 6.82. The summed E-state index contributed by atoms with van der Waals surface area (Å²) in [6.07, 6.45) is 4.04. The van der Waals surface area contributed by atoms with Crippen LogP contribution >= 0.6 is 0 Å². The molecule has 3 aromatic rings. The number of rotatable bonds is 6. The average molecular weight is 532 g/mol. The van der Waals surface area contributed by atoms with Crippen LogP contribution in [0.2, 0.25) is 0 Å². The third kappa shape index (κ3) is 5.36. The molecular formula is C31H37N3O3S. The number of carbonyl (C=O) groups is 1. The van der Waals surface area contributed by atoms with Crippen LogP contribution in [-0.4, -0.2) is 32.1 Å². The third-order valence-electron chi connectivity index (χ3n) is 7.60.